The smallest absolute Gasteiger partial charge is 0.240 e. The molecule has 1 fully saturated rings. The normalized spacial score (nSPS) is 22.6. The minimum Gasteiger partial charge on any atom is -0.262 e. The molecule has 2 heterocycles. The number of rotatable bonds is 2. The van der Waals surface area contributed by atoms with Crippen molar-refractivity contribution >= 4 is 21.6 Å². The molecular formula is C10H10N2O3S. The van der Waals surface area contributed by atoms with E-state index >= 15 is 0 Å². The number of aromatic nitrogens is 1. The number of nitrogens with zero attached hydrogens (tertiary/aromatic N) is 2. The van der Waals surface area contributed by atoms with Gasteiger partial charge in [-0.1, -0.05) is 0 Å². The van der Waals surface area contributed by atoms with E-state index in [1.807, 2.05) is 0 Å². The van der Waals surface area contributed by atoms with Gasteiger partial charge in [0.1, 0.15) is 0 Å². The Balaban J connectivity index is 2.28. The Morgan fingerprint density at radius 1 is 1.44 bits per heavy atom. The molecule has 0 amide bonds. The van der Waals surface area contributed by atoms with Gasteiger partial charge >= 0.3 is 0 Å². The summed E-state index contributed by atoms with van der Waals surface area (Å²) in [6, 6.07) is 1.68. The van der Waals surface area contributed by atoms with Gasteiger partial charge in [0.25, 0.3) is 0 Å². The molecule has 1 saturated heterocycles. The minimum atomic E-state index is -2.90. The number of pyridine rings is 1. The van der Waals surface area contributed by atoms with E-state index in [0.717, 1.165) is 5.56 Å². The summed E-state index contributed by atoms with van der Waals surface area (Å²) in [4.78, 5) is 17.5. The molecule has 1 aromatic rings. The third kappa shape index (κ3) is 2.35. The second-order valence-corrected chi connectivity index (χ2v) is 6.01. The third-order valence-electron chi connectivity index (χ3n) is 2.62. The topological polar surface area (TPSA) is 76.5 Å². The molecule has 16 heavy (non-hydrogen) atoms. The molecule has 0 spiro atoms. The van der Waals surface area contributed by atoms with E-state index in [-0.39, 0.29) is 17.4 Å². The van der Waals surface area contributed by atoms with Crippen LogP contribution in [0.25, 0.3) is 0 Å². The van der Waals surface area contributed by atoms with E-state index in [1.165, 1.54) is 12.3 Å². The Labute approximate surface area is 93.2 Å². The summed E-state index contributed by atoms with van der Waals surface area (Å²) in [5.41, 5.74) is 1.23. The van der Waals surface area contributed by atoms with E-state index in [1.54, 1.807) is 12.3 Å². The number of sulfone groups is 1. The van der Waals surface area contributed by atoms with Crippen molar-refractivity contribution in [3.05, 3.63) is 24.0 Å². The van der Waals surface area contributed by atoms with Crippen LogP contribution in [0.2, 0.25) is 0 Å². The van der Waals surface area contributed by atoms with Crippen molar-refractivity contribution in [1.29, 1.82) is 0 Å². The van der Waals surface area contributed by atoms with Crippen LogP contribution in [0, 0.1) is 0 Å². The summed E-state index contributed by atoms with van der Waals surface area (Å²) in [6.07, 6.45) is 5.11. The van der Waals surface area contributed by atoms with Crippen molar-refractivity contribution in [3.8, 4) is 0 Å². The van der Waals surface area contributed by atoms with Crippen LogP contribution in [0.3, 0.4) is 0 Å². The van der Waals surface area contributed by atoms with Crippen LogP contribution in [0.15, 0.2) is 23.5 Å². The van der Waals surface area contributed by atoms with Crippen LogP contribution in [0.5, 0.6) is 0 Å². The average Bonchev–Trinajstić information content (AvgIpc) is 2.60. The molecule has 0 aliphatic carbocycles. The predicted molar refractivity (Wildman–Crippen MR) is 58.0 cm³/mol. The summed E-state index contributed by atoms with van der Waals surface area (Å²) < 4.78 is 22.6. The largest absolute Gasteiger partial charge is 0.262 e. The lowest BCUT2D eigenvalue weighted by atomic mass is 10.0. The van der Waals surface area contributed by atoms with Crippen molar-refractivity contribution in [2.75, 3.05) is 11.5 Å². The number of aliphatic imine (C=N–C) groups is 1. The van der Waals surface area contributed by atoms with E-state index in [9.17, 15) is 13.2 Å². The first-order valence-corrected chi connectivity index (χ1v) is 6.66. The van der Waals surface area contributed by atoms with Gasteiger partial charge in [0.15, 0.2) is 9.84 Å². The molecule has 5 nitrogen and oxygen atoms in total. The fraction of sp³-hybridized carbons (Fsp3) is 0.400. The number of hydrogen-bond acceptors (Lipinski definition) is 5. The average molecular weight is 238 g/mol. The third-order valence-corrected chi connectivity index (χ3v) is 4.39. The van der Waals surface area contributed by atoms with Gasteiger partial charge in [-0.2, -0.15) is 4.99 Å². The molecular weight excluding hydrogens is 228 g/mol. The van der Waals surface area contributed by atoms with Crippen LogP contribution < -0.4 is 0 Å². The van der Waals surface area contributed by atoms with Crippen molar-refractivity contribution in [3.63, 3.8) is 0 Å². The molecule has 1 aromatic heterocycles. The number of hydrogen-bond donors (Lipinski definition) is 0. The summed E-state index contributed by atoms with van der Waals surface area (Å²) in [7, 11) is -2.90. The molecule has 0 N–H and O–H groups in total. The summed E-state index contributed by atoms with van der Waals surface area (Å²) >= 11 is 0. The maximum Gasteiger partial charge on any atom is 0.240 e. The van der Waals surface area contributed by atoms with Gasteiger partial charge in [-0.05, 0) is 18.1 Å². The van der Waals surface area contributed by atoms with Gasteiger partial charge in [-0.25, -0.2) is 13.2 Å². The molecule has 1 aliphatic rings. The summed E-state index contributed by atoms with van der Waals surface area (Å²) in [6.45, 7) is 0. The van der Waals surface area contributed by atoms with Crippen LogP contribution in [0.4, 0.5) is 5.69 Å². The Hall–Kier alpha value is -1.52. The molecule has 0 aromatic carbocycles. The number of carbonyl (C=O) groups excluding carboxylic acids is 1. The highest BCUT2D eigenvalue weighted by atomic mass is 32.2. The van der Waals surface area contributed by atoms with Gasteiger partial charge in [0.05, 0.1) is 23.4 Å². The summed E-state index contributed by atoms with van der Waals surface area (Å²) in [5, 5.41) is 0. The molecule has 1 atom stereocenters. The van der Waals surface area contributed by atoms with E-state index in [4.69, 9.17) is 0 Å². The second-order valence-electron chi connectivity index (χ2n) is 3.78. The van der Waals surface area contributed by atoms with Crippen LogP contribution in [0.1, 0.15) is 17.9 Å². The standard InChI is InChI=1S/C10H10N2O3S/c13-7-12-10-3-9(4-11-5-10)8-1-2-16(14,15)6-8/h3-5,8H,1-2,6H2. The quantitative estimate of drug-likeness (QED) is 0.567. The van der Waals surface area contributed by atoms with Crippen molar-refractivity contribution in [2.45, 2.75) is 12.3 Å². The maximum absolute atomic E-state index is 11.3. The molecule has 2 rings (SSSR count). The summed E-state index contributed by atoms with van der Waals surface area (Å²) in [5.74, 6) is 0.348. The zero-order chi connectivity index (χ0) is 11.6. The highest BCUT2D eigenvalue weighted by Gasteiger charge is 2.29. The zero-order valence-electron chi connectivity index (χ0n) is 8.46. The van der Waals surface area contributed by atoms with Crippen LogP contribution in [-0.2, 0) is 14.6 Å². The first-order valence-electron chi connectivity index (χ1n) is 4.84. The van der Waals surface area contributed by atoms with Crippen LogP contribution >= 0.6 is 0 Å². The lowest BCUT2D eigenvalue weighted by Gasteiger charge is -2.06. The Morgan fingerprint density at radius 2 is 2.25 bits per heavy atom. The van der Waals surface area contributed by atoms with Crippen molar-refractivity contribution in [1.82, 2.24) is 4.98 Å². The zero-order valence-corrected chi connectivity index (χ0v) is 9.27. The maximum atomic E-state index is 11.3. The van der Waals surface area contributed by atoms with E-state index in [2.05, 4.69) is 9.98 Å². The molecule has 84 valence electrons. The van der Waals surface area contributed by atoms with E-state index < -0.39 is 9.84 Å². The SMILES string of the molecule is O=C=Nc1cncc(C2CCS(=O)(=O)C2)c1. The van der Waals surface area contributed by atoms with Gasteiger partial charge in [0.2, 0.25) is 6.08 Å². The highest BCUT2D eigenvalue weighted by Crippen LogP contribution is 2.29. The lowest BCUT2D eigenvalue weighted by Crippen LogP contribution is -2.03. The van der Waals surface area contributed by atoms with Gasteiger partial charge in [0, 0.05) is 12.1 Å². The Bertz CT molecular complexity index is 547. The fourth-order valence-corrected chi connectivity index (χ4v) is 3.62. The highest BCUT2D eigenvalue weighted by molar-refractivity contribution is 7.91. The predicted octanol–water partition coefficient (Wildman–Crippen LogP) is 0.951. The molecule has 0 radical (unpaired) electrons. The molecule has 1 aliphatic heterocycles. The first kappa shape index (κ1) is 11.0. The first-order chi connectivity index (χ1) is 7.61. The van der Waals surface area contributed by atoms with Crippen molar-refractivity contribution in [2.24, 2.45) is 4.99 Å². The minimum absolute atomic E-state index is 0.0284. The van der Waals surface area contributed by atoms with Crippen LogP contribution in [-0.4, -0.2) is 31.0 Å². The van der Waals surface area contributed by atoms with Crippen molar-refractivity contribution < 1.29 is 13.2 Å². The second kappa shape index (κ2) is 4.15. The van der Waals surface area contributed by atoms with E-state index in [0.29, 0.717) is 12.1 Å². The fourth-order valence-electron chi connectivity index (χ4n) is 1.84. The van der Waals surface area contributed by atoms with Gasteiger partial charge < -0.3 is 0 Å². The Kier molecular flexibility index (Phi) is 2.85. The molecule has 6 heteroatoms. The molecule has 1 unspecified atom stereocenters. The van der Waals surface area contributed by atoms with Gasteiger partial charge in [-0.15, -0.1) is 0 Å². The molecule has 0 saturated carbocycles. The van der Waals surface area contributed by atoms with Gasteiger partial charge in [-0.3, -0.25) is 4.98 Å². The Morgan fingerprint density at radius 3 is 2.88 bits per heavy atom. The monoisotopic (exact) mass is 238 g/mol. The molecule has 0 bridgehead atoms. The number of isocyanates is 1. The lowest BCUT2D eigenvalue weighted by molar-refractivity contribution is 0.565.